The second-order valence-electron chi connectivity index (χ2n) is 5.57. The van der Waals surface area contributed by atoms with E-state index in [1.165, 1.54) is 0 Å². The van der Waals surface area contributed by atoms with E-state index in [2.05, 4.69) is 22.5 Å². The van der Waals surface area contributed by atoms with Gasteiger partial charge in [0, 0.05) is 34.4 Å². The quantitative estimate of drug-likeness (QED) is 0.395. The molecule has 0 radical (unpaired) electrons. The topological polar surface area (TPSA) is 66.6 Å². The maximum Gasteiger partial charge on any atom is 0.191 e. The fraction of sp³-hybridized carbons (Fsp3) is 0.688. The van der Waals surface area contributed by atoms with Crippen LogP contribution in [0.2, 0.25) is 0 Å². The Labute approximate surface area is 158 Å². The number of guanidine groups is 1. The Morgan fingerprint density at radius 3 is 2.91 bits per heavy atom. The fourth-order valence-electron chi connectivity index (χ4n) is 2.82. The lowest BCUT2D eigenvalue weighted by Gasteiger charge is -2.30. The monoisotopic (exact) mass is 453 g/mol. The summed E-state index contributed by atoms with van der Waals surface area (Å²) in [7, 11) is -0.696. The molecule has 1 fully saturated rings. The van der Waals surface area contributed by atoms with Crippen LogP contribution in [0.25, 0.3) is 0 Å². The molecule has 0 aliphatic heterocycles. The van der Waals surface area contributed by atoms with Crippen LogP contribution in [0, 0.1) is 0 Å². The van der Waals surface area contributed by atoms with E-state index in [-0.39, 0.29) is 24.0 Å². The summed E-state index contributed by atoms with van der Waals surface area (Å²) in [6.07, 6.45) is 5.95. The summed E-state index contributed by atoms with van der Waals surface area (Å²) < 4.78 is 17.3. The first-order valence-electron chi connectivity index (χ1n) is 8.17. The van der Waals surface area contributed by atoms with Gasteiger partial charge >= 0.3 is 0 Å². The zero-order valence-corrected chi connectivity index (χ0v) is 17.1. The molecule has 2 N–H and O–H groups in total. The third-order valence-electron chi connectivity index (χ3n) is 3.94. The molecule has 7 heteroatoms. The highest BCUT2D eigenvalue weighted by molar-refractivity contribution is 14.0. The van der Waals surface area contributed by atoms with Crippen molar-refractivity contribution in [3.8, 4) is 0 Å². The lowest BCUT2D eigenvalue weighted by Crippen LogP contribution is -2.46. The average molecular weight is 453 g/mol. The predicted octanol–water partition coefficient (Wildman–Crippen LogP) is 3.03. The Balaban J connectivity index is 0.00000264. The number of nitrogens with zero attached hydrogens (tertiary/aromatic N) is 1. The van der Waals surface area contributed by atoms with Crippen LogP contribution >= 0.6 is 24.0 Å². The first-order valence-corrected chi connectivity index (χ1v) is 9.55. The largest absolute Gasteiger partial charge is 0.467 e. The lowest BCUT2D eigenvalue weighted by molar-refractivity contribution is 0.413. The molecule has 3 unspecified atom stereocenters. The summed E-state index contributed by atoms with van der Waals surface area (Å²) >= 11 is 0. The SMILES string of the molecule is CCNC(=NCc1ccco1)NC1CCCC(S(=O)CC)C1.I. The summed E-state index contributed by atoms with van der Waals surface area (Å²) in [4.78, 5) is 4.56. The Hall–Kier alpha value is -0.570. The number of rotatable bonds is 6. The summed E-state index contributed by atoms with van der Waals surface area (Å²) in [5.41, 5.74) is 0. The Morgan fingerprint density at radius 2 is 2.26 bits per heavy atom. The van der Waals surface area contributed by atoms with Gasteiger partial charge in [0.25, 0.3) is 0 Å². The van der Waals surface area contributed by atoms with E-state index < -0.39 is 10.8 Å². The summed E-state index contributed by atoms with van der Waals surface area (Å²) in [5, 5.41) is 7.09. The molecule has 2 rings (SSSR count). The molecule has 0 aromatic carbocycles. The van der Waals surface area contributed by atoms with Crippen LogP contribution in [0.15, 0.2) is 27.8 Å². The minimum absolute atomic E-state index is 0. The summed E-state index contributed by atoms with van der Waals surface area (Å²) in [6.45, 7) is 5.41. The molecular weight excluding hydrogens is 425 g/mol. The molecule has 23 heavy (non-hydrogen) atoms. The molecule has 1 saturated carbocycles. The number of hydrogen-bond donors (Lipinski definition) is 2. The second kappa shape index (κ2) is 11.1. The third kappa shape index (κ3) is 6.82. The Bertz CT molecular complexity index is 494. The van der Waals surface area contributed by atoms with E-state index in [1.54, 1.807) is 6.26 Å². The van der Waals surface area contributed by atoms with E-state index in [0.29, 0.717) is 17.8 Å². The van der Waals surface area contributed by atoms with Crippen LogP contribution in [0.4, 0.5) is 0 Å². The number of aliphatic imine (C=N–C) groups is 1. The predicted molar refractivity (Wildman–Crippen MR) is 107 cm³/mol. The maximum atomic E-state index is 12.0. The van der Waals surface area contributed by atoms with Crippen molar-refractivity contribution >= 4 is 40.7 Å². The van der Waals surface area contributed by atoms with Gasteiger partial charge in [-0.1, -0.05) is 13.3 Å². The molecule has 0 amide bonds. The van der Waals surface area contributed by atoms with Crippen LogP contribution < -0.4 is 10.6 Å². The van der Waals surface area contributed by atoms with Gasteiger partial charge in [0.1, 0.15) is 12.3 Å². The van der Waals surface area contributed by atoms with Crippen LogP contribution in [0.1, 0.15) is 45.3 Å². The molecule has 1 aliphatic carbocycles. The molecule has 1 aromatic rings. The molecule has 3 atom stereocenters. The van der Waals surface area contributed by atoms with Crippen molar-refractivity contribution in [2.75, 3.05) is 12.3 Å². The average Bonchev–Trinajstić information content (AvgIpc) is 3.06. The van der Waals surface area contributed by atoms with Crippen molar-refractivity contribution in [1.82, 2.24) is 10.6 Å². The van der Waals surface area contributed by atoms with Gasteiger partial charge in [0.15, 0.2) is 5.96 Å². The highest BCUT2D eigenvalue weighted by Crippen LogP contribution is 2.23. The smallest absolute Gasteiger partial charge is 0.191 e. The number of furan rings is 1. The summed E-state index contributed by atoms with van der Waals surface area (Å²) in [5.74, 6) is 2.42. The maximum absolute atomic E-state index is 12.0. The van der Waals surface area contributed by atoms with Gasteiger partial charge in [0.2, 0.25) is 0 Å². The Kier molecular flexibility index (Phi) is 9.85. The van der Waals surface area contributed by atoms with E-state index in [0.717, 1.165) is 49.7 Å². The minimum Gasteiger partial charge on any atom is -0.467 e. The van der Waals surface area contributed by atoms with Crippen molar-refractivity contribution in [2.45, 2.75) is 57.4 Å². The number of hydrogen-bond acceptors (Lipinski definition) is 3. The van der Waals surface area contributed by atoms with Gasteiger partial charge in [-0.05, 0) is 38.3 Å². The first-order chi connectivity index (χ1) is 10.7. The molecular formula is C16H28IN3O2S. The molecule has 5 nitrogen and oxygen atoms in total. The van der Waals surface area contributed by atoms with Gasteiger partial charge in [-0.15, -0.1) is 24.0 Å². The molecule has 0 spiro atoms. The highest BCUT2D eigenvalue weighted by atomic mass is 127. The van der Waals surface area contributed by atoms with Crippen molar-refractivity contribution in [3.63, 3.8) is 0 Å². The first kappa shape index (κ1) is 20.5. The van der Waals surface area contributed by atoms with Gasteiger partial charge in [0.05, 0.1) is 6.26 Å². The van der Waals surface area contributed by atoms with Crippen molar-refractivity contribution in [2.24, 2.45) is 4.99 Å². The van der Waals surface area contributed by atoms with Crippen LogP contribution in [-0.4, -0.2) is 33.8 Å². The zero-order chi connectivity index (χ0) is 15.8. The van der Waals surface area contributed by atoms with Gasteiger partial charge in [-0.2, -0.15) is 0 Å². The molecule has 1 aliphatic rings. The van der Waals surface area contributed by atoms with Crippen LogP contribution in [0.3, 0.4) is 0 Å². The van der Waals surface area contributed by atoms with E-state index >= 15 is 0 Å². The molecule has 0 bridgehead atoms. The van der Waals surface area contributed by atoms with E-state index in [1.807, 2.05) is 19.1 Å². The van der Waals surface area contributed by atoms with E-state index in [4.69, 9.17) is 4.42 Å². The third-order valence-corrected chi connectivity index (χ3v) is 5.68. The van der Waals surface area contributed by atoms with Crippen molar-refractivity contribution < 1.29 is 8.63 Å². The second-order valence-corrected chi connectivity index (χ2v) is 7.58. The molecule has 1 heterocycles. The number of halogens is 1. The van der Waals surface area contributed by atoms with Gasteiger partial charge < -0.3 is 15.1 Å². The molecule has 1 aromatic heterocycles. The standard InChI is InChI=1S/C16H27N3O2S.HI/c1-3-17-16(18-12-14-8-6-10-21-14)19-13-7-5-9-15(11-13)22(20)4-2;/h6,8,10,13,15H,3-5,7,9,11-12H2,1-2H3,(H2,17,18,19);1H. The normalized spacial score (nSPS) is 23.0. The Morgan fingerprint density at radius 1 is 1.43 bits per heavy atom. The van der Waals surface area contributed by atoms with Crippen LogP contribution in [-0.2, 0) is 17.3 Å². The van der Waals surface area contributed by atoms with Crippen molar-refractivity contribution in [3.05, 3.63) is 24.2 Å². The minimum atomic E-state index is -0.696. The lowest BCUT2D eigenvalue weighted by atomic mass is 9.95. The fourth-order valence-corrected chi connectivity index (χ4v) is 4.17. The van der Waals surface area contributed by atoms with Gasteiger partial charge in [-0.25, -0.2) is 4.99 Å². The van der Waals surface area contributed by atoms with Crippen LogP contribution in [0.5, 0.6) is 0 Å². The van der Waals surface area contributed by atoms with Crippen molar-refractivity contribution in [1.29, 1.82) is 0 Å². The zero-order valence-electron chi connectivity index (χ0n) is 13.9. The number of nitrogens with one attached hydrogen (secondary N) is 2. The molecule has 132 valence electrons. The van der Waals surface area contributed by atoms with E-state index in [9.17, 15) is 4.21 Å². The van der Waals surface area contributed by atoms with Gasteiger partial charge in [-0.3, -0.25) is 4.21 Å². The summed E-state index contributed by atoms with van der Waals surface area (Å²) in [6, 6.07) is 4.15. The highest BCUT2D eigenvalue weighted by Gasteiger charge is 2.25. The molecule has 0 saturated heterocycles.